The number of hydrogen-bond donors (Lipinski definition) is 2. The van der Waals surface area contributed by atoms with Crippen LogP contribution in [0.3, 0.4) is 0 Å². The van der Waals surface area contributed by atoms with Crippen molar-refractivity contribution >= 4 is 5.91 Å². The first-order chi connectivity index (χ1) is 10.2. The quantitative estimate of drug-likeness (QED) is 0.839. The first-order valence-electron chi connectivity index (χ1n) is 7.71. The molecule has 3 nitrogen and oxygen atoms in total. The molecule has 1 aromatic rings. The van der Waals surface area contributed by atoms with Crippen molar-refractivity contribution in [2.24, 2.45) is 5.92 Å². The van der Waals surface area contributed by atoms with Crippen LogP contribution in [0, 0.1) is 17.8 Å². The molecular weight excluding hydrogens is 262 g/mol. The molecule has 1 aromatic carbocycles. The summed E-state index contributed by atoms with van der Waals surface area (Å²) in [6.45, 7) is 2.27. The fourth-order valence-electron chi connectivity index (χ4n) is 2.74. The van der Waals surface area contributed by atoms with Crippen molar-refractivity contribution in [1.82, 2.24) is 5.32 Å². The van der Waals surface area contributed by atoms with Gasteiger partial charge >= 0.3 is 0 Å². The zero-order chi connectivity index (χ0) is 15.1. The van der Waals surface area contributed by atoms with Crippen LogP contribution in [-0.4, -0.2) is 23.7 Å². The van der Waals surface area contributed by atoms with Crippen LogP contribution in [0.15, 0.2) is 24.3 Å². The van der Waals surface area contributed by atoms with E-state index in [9.17, 15) is 4.79 Å². The molecule has 112 valence electrons. The second kappa shape index (κ2) is 7.85. The Morgan fingerprint density at radius 3 is 2.95 bits per heavy atom. The highest BCUT2D eigenvalue weighted by Crippen LogP contribution is 2.24. The summed E-state index contributed by atoms with van der Waals surface area (Å²) < 4.78 is 0. The average Bonchev–Trinajstić information content (AvgIpc) is 2.50. The molecule has 1 aliphatic rings. The van der Waals surface area contributed by atoms with E-state index in [1.807, 2.05) is 24.3 Å². The molecule has 0 saturated heterocycles. The van der Waals surface area contributed by atoms with Gasteiger partial charge in [-0.1, -0.05) is 37.7 Å². The highest BCUT2D eigenvalue weighted by Gasteiger charge is 2.23. The number of carbonyl (C=O) groups excluding carboxylic acids is 1. The molecule has 0 heterocycles. The largest absolute Gasteiger partial charge is 0.395 e. The number of aliphatic hydroxyl groups is 1. The van der Waals surface area contributed by atoms with Gasteiger partial charge in [-0.2, -0.15) is 0 Å². The summed E-state index contributed by atoms with van der Waals surface area (Å²) in [4.78, 5) is 12.3. The van der Waals surface area contributed by atoms with Crippen LogP contribution in [0.4, 0.5) is 0 Å². The Morgan fingerprint density at radius 2 is 2.19 bits per heavy atom. The van der Waals surface area contributed by atoms with Gasteiger partial charge in [-0.25, -0.2) is 0 Å². The zero-order valence-corrected chi connectivity index (χ0v) is 12.6. The van der Waals surface area contributed by atoms with Crippen LogP contribution in [0.5, 0.6) is 0 Å². The van der Waals surface area contributed by atoms with Crippen molar-refractivity contribution in [2.45, 2.75) is 45.1 Å². The molecule has 1 saturated carbocycles. The third-order valence-electron chi connectivity index (χ3n) is 4.02. The Kier molecular flexibility index (Phi) is 5.83. The summed E-state index contributed by atoms with van der Waals surface area (Å²) >= 11 is 0. The van der Waals surface area contributed by atoms with E-state index in [4.69, 9.17) is 5.11 Å². The molecule has 0 aliphatic heterocycles. The van der Waals surface area contributed by atoms with Crippen LogP contribution in [0.1, 0.15) is 54.9 Å². The molecule has 0 aromatic heterocycles. The van der Waals surface area contributed by atoms with Crippen LogP contribution in [0.2, 0.25) is 0 Å². The molecule has 0 bridgehead atoms. The molecule has 21 heavy (non-hydrogen) atoms. The number of hydrogen-bond acceptors (Lipinski definition) is 2. The second-order valence-electron chi connectivity index (χ2n) is 5.70. The lowest BCUT2D eigenvalue weighted by Crippen LogP contribution is -2.41. The maximum atomic E-state index is 12.3. The highest BCUT2D eigenvalue weighted by atomic mass is 16.2. The van der Waals surface area contributed by atoms with Gasteiger partial charge in [0.1, 0.15) is 0 Å². The van der Waals surface area contributed by atoms with Crippen molar-refractivity contribution in [2.75, 3.05) is 6.61 Å². The third kappa shape index (κ3) is 4.61. The van der Waals surface area contributed by atoms with Gasteiger partial charge in [0.05, 0.1) is 6.61 Å². The first-order valence-corrected chi connectivity index (χ1v) is 7.71. The van der Waals surface area contributed by atoms with Gasteiger partial charge in [-0.05, 0) is 37.0 Å². The average molecular weight is 285 g/mol. The van der Waals surface area contributed by atoms with Gasteiger partial charge in [0.15, 0.2) is 0 Å². The lowest BCUT2D eigenvalue weighted by molar-refractivity contribution is 0.0910. The van der Waals surface area contributed by atoms with Gasteiger partial charge in [0, 0.05) is 23.6 Å². The van der Waals surface area contributed by atoms with Crippen LogP contribution >= 0.6 is 0 Å². The van der Waals surface area contributed by atoms with Gasteiger partial charge in [0.2, 0.25) is 0 Å². The van der Waals surface area contributed by atoms with E-state index in [-0.39, 0.29) is 18.6 Å². The van der Waals surface area contributed by atoms with E-state index in [0.717, 1.165) is 12.0 Å². The Bertz CT molecular complexity index is 542. The fraction of sp³-hybridized carbons (Fsp3) is 0.500. The van der Waals surface area contributed by atoms with Crippen molar-refractivity contribution in [1.29, 1.82) is 0 Å². The standard InChI is InChI=1S/C18H23NO2/c1-14-7-2-3-11-17(14)19-18(21)16-10-6-9-15(13-16)8-4-5-12-20/h6,9-10,13-14,17,20H,2-3,5,7,11-12H2,1H3,(H,19,21). The third-order valence-corrected chi connectivity index (χ3v) is 4.02. The number of nitrogens with one attached hydrogen (secondary N) is 1. The molecule has 0 radical (unpaired) electrons. The maximum absolute atomic E-state index is 12.3. The first kappa shape index (κ1) is 15.6. The molecule has 0 spiro atoms. The topological polar surface area (TPSA) is 49.3 Å². The summed E-state index contributed by atoms with van der Waals surface area (Å²) in [7, 11) is 0. The number of rotatable bonds is 3. The highest BCUT2D eigenvalue weighted by molar-refractivity contribution is 5.94. The maximum Gasteiger partial charge on any atom is 0.251 e. The second-order valence-corrected chi connectivity index (χ2v) is 5.70. The van der Waals surface area contributed by atoms with Crippen molar-refractivity contribution in [3.8, 4) is 11.8 Å². The molecule has 1 fully saturated rings. The smallest absolute Gasteiger partial charge is 0.251 e. The van der Waals surface area contributed by atoms with Crippen LogP contribution in [-0.2, 0) is 0 Å². The van der Waals surface area contributed by atoms with Gasteiger partial charge < -0.3 is 10.4 Å². The lowest BCUT2D eigenvalue weighted by Gasteiger charge is -2.29. The van der Waals surface area contributed by atoms with Crippen molar-refractivity contribution in [3.05, 3.63) is 35.4 Å². The van der Waals surface area contributed by atoms with E-state index < -0.39 is 0 Å². The number of benzene rings is 1. The predicted molar refractivity (Wildman–Crippen MR) is 83.9 cm³/mol. The van der Waals surface area contributed by atoms with Gasteiger partial charge in [-0.15, -0.1) is 0 Å². The Labute approximate surface area is 126 Å². The normalized spacial score (nSPS) is 21.2. The molecule has 2 atom stereocenters. The summed E-state index contributed by atoms with van der Waals surface area (Å²) in [5.41, 5.74) is 1.47. The predicted octanol–water partition coefficient (Wildman–Crippen LogP) is 2.73. The van der Waals surface area contributed by atoms with E-state index in [1.165, 1.54) is 19.3 Å². The summed E-state index contributed by atoms with van der Waals surface area (Å²) in [6.07, 6.45) is 5.18. The summed E-state index contributed by atoms with van der Waals surface area (Å²) in [6, 6.07) is 7.65. The Morgan fingerprint density at radius 1 is 1.38 bits per heavy atom. The Balaban J connectivity index is 2.02. The minimum atomic E-state index is -0.0143. The molecular formula is C18H23NO2. The minimum Gasteiger partial charge on any atom is -0.395 e. The van der Waals surface area contributed by atoms with Gasteiger partial charge in [-0.3, -0.25) is 4.79 Å². The van der Waals surface area contributed by atoms with Crippen molar-refractivity contribution < 1.29 is 9.90 Å². The number of amides is 1. The monoisotopic (exact) mass is 285 g/mol. The molecule has 3 heteroatoms. The minimum absolute atomic E-state index is 0.0143. The summed E-state index contributed by atoms with van der Waals surface area (Å²) in [5.74, 6) is 6.37. The SMILES string of the molecule is CC1CCCCC1NC(=O)c1cccc(C#CCCO)c1. The number of aliphatic hydroxyl groups excluding tert-OH is 1. The van der Waals surface area contributed by atoms with Crippen LogP contribution in [0.25, 0.3) is 0 Å². The molecule has 2 rings (SSSR count). The van der Waals surface area contributed by atoms with E-state index >= 15 is 0 Å². The van der Waals surface area contributed by atoms with E-state index in [2.05, 4.69) is 24.1 Å². The van der Waals surface area contributed by atoms with Gasteiger partial charge in [0.25, 0.3) is 5.91 Å². The van der Waals surface area contributed by atoms with Crippen LogP contribution < -0.4 is 5.32 Å². The van der Waals surface area contributed by atoms with E-state index in [0.29, 0.717) is 17.9 Å². The lowest BCUT2D eigenvalue weighted by atomic mass is 9.86. The van der Waals surface area contributed by atoms with Crippen molar-refractivity contribution in [3.63, 3.8) is 0 Å². The fourth-order valence-corrected chi connectivity index (χ4v) is 2.74. The number of carbonyl (C=O) groups is 1. The molecule has 2 N–H and O–H groups in total. The molecule has 1 aliphatic carbocycles. The summed E-state index contributed by atoms with van der Waals surface area (Å²) in [5, 5.41) is 11.9. The Hall–Kier alpha value is -1.79. The zero-order valence-electron chi connectivity index (χ0n) is 12.6. The molecule has 1 amide bonds. The molecule has 2 unspecified atom stereocenters. The van der Waals surface area contributed by atoms with E-state index in [1.54, 1.807) is 0 Å².